The lowest BCUT2D eigenvalue weighted by Gasteiger charge is -2.19. The van der Waals surface area contributed by atoms with Crippen molar-refractivity contribution in [1.29, 1.82) is 0 Å². The predicted molar refractivity (Wildman–Crippen MR) is 121 cm³/mol. The van der Waals surface area contributed by atoms with Crippen molar-refractivity contribution in [2.75, 3.05) is 12.3 Å². The van der Waals surface area contributed by atoms with Crippen LogP contribution >= 0.6 is 35.0 Å². The highest BCUT2D eigenvalue weighted by Gasteiger charge is 2.17. The van der Waals surface area contributed by atoms with E-state index in [0.29, 0.717) is 28.3 Å². The molecule has 0 bridgehead atoms. The Morgan fingerprint density at radius 2 is 1.82 bits per heavy atom. The summed E-state index contributed by atoms with van der Waals surface area (Å²) in [6, 6.07) is 11.6. The molecule has 0 aromatic heterocycles. The molecule has 0 aliphatic carbocycles. The van der Waals surface area contributed by atoms with Crippen LogP contribution < -0.4 is 10.1 Å². The number of carbonyl (C=O) groups excluding carboxylic acids is 1. The Hall–Kier alpha value is -1.36. The first-order valence-corrected chi connectivity index (χ1v) is 11.3. The second-order valence-electron chi connectivity index (χ2n) is 7.00. The zero-order chi connectivity index (χ0) is 20.7. The Kier molecular flexibility index (Phi) is 9.00. The first-order valence-electron chi connectivity index (χ1n) is 9.35. The third-order valence-electron chi connectivity index (χ3n) is 4.32. The number of hydrogen-bond donors (Lipinski definition) is 1. The molecule has 0 saturated heterocycles. The molecule has 2 rings (SSSR count). The lowest BCUT2D eigenvalue weighted by molar-refractivity contribution is -0.127. The number of ether oxygens (including phenoxy) is 1. The van der Waals surface area contributed by atoms with Gasteiger partial charge < -0.3 is 10.1 Å². The molecule has 0 aliphatic rings. The second kappa shape index (κ2) is 11.0. The number of halogens is 2. The number of rotatable bonds is 9. The van der Waals surface area contributed by atoms with Crippen molar-refractivity contribution in [1.82, 2.24) is 5.32 Å². The van der Waals surface area contributed by atoms with Gasteiger partial charge in [-0.05, 0) is 54.7 Å². The van der Waals surface area contributed by atoms with Gasteiger partial charge in [-0.25, -0.2) is 0 Å². The lowest BCUT2D eigenvalue weighted by Crippen LogP contribution is -2.37. The Balaban J connectivity index is 1.80. The fourth-order valence-electron chi connectivity index (χ4n) is 2.70. The van der Waals surface area contributed by atoms with Crippen molar-refractivity contribution in [2.24, 2.45) is 0 Å². The number of amides is 1. The van der Waals surface area contributed by atoms with Gasteiger partial charge in [0.2, 0.25) is 0 Å². The topological polar surface area (TPSA) is 38.3 Å². The molecule has 6 heteroatoms. The van der Waals surface area contributed by atoms with Gasteiger partial charge in [-0.1, -0.05) is 55.2 Å². The van der Waals surface area contributed by atoms with Crippen LogP contribution in [0.25, 0.3) is 0 Å². The Labute approximate surface area is 182 Å². The van der Waals surface area contributed by atoms with Crippen LogP contribution in [0.5, 0.6) is 5.75 Å². The molecule has 1 unspecified atom stereocenters. The molecule has 28 heavy (non-hydrogen) atoms. The van der Waals surface area contributed by atoms with E-state index in [1.807, 2.05) is 31.2 Å². The van der Waals surface area contributed by atoms with Gasteiger partial charge in [0.05, 0.1) is 0 Å². The monoisotopic (exact) mass is 439 g/mol. The van der Waals surface area contributed by atoms with Gasteiger partial charge in [-0.15, -0.1) is 0 Å². The van der Waals surface area contributed by atoms with Crippen molar-refractivity contribution in [3.05, 3.63) is 63.1 Å². The molecular formula is C22H27Cl2NO2S. The standard InChI is InChI=1S/C22H27Cl2NO2S/c1-14(2)17-9-8-15(3)12-21(17)27-16(4)22(26)25-10-11-28-13-18-19(23)6-5-7-20(18)24/h5-9,12,14,16H,10-11,13H2,1-4H3,(H,25,26). The molecule has 2 aromatic carbocycles. The summed E-state index contributed by atoms with van der Waals surface area (Å²) in [4.78, 5) is 12.4. The quantitative estimate of drug-likeness (QED) is 0.469. The third kappa shape index (κ3) is 6.61. The molecule has 1 N–H and O–H groups in total. The molecule has 1 amide bonds. The minimum Gasteiger partial charge on any atom is -0.481 e. The largest absolute Gasteiger partial charge is 0.481 e. The molecule has 0 fully saturated rings. The summed E-state index contributed by atoms with van der Waals surface area (Å²) in [5.74, 6) is 2.47. The average Bonchev–Trinajstić information content (AvgIpc) is 2.63. The smallest absolute Gasteiger partial charge is 0.260 e. The molecule has 152 valence electrons. The third-order valence-corrected chi connectivity index (χ3v) is 6.01. The van der Waals surface area contributed by atoms with E-state index in [1.165, 1.54) is 0 Å². The predicted octanol–water partition coefficient (Wildman–Crippen LogP) is 6.24. The highest BCUT2D eigenvalue weighted by Crippen LogP contribution is 2.29. The summed E-state index contributed by atoms with van der Waals surface area (Å²) in [7, 11) is 0. The van der Waals surface area contributed by atoms with E-state index in [-0.39, 0.29) is 5.91 Å². The number of aryl methyl sites for hydroxylation is 1. The van der Waals surface area contributed by atoms with Crippen LogP contribution in [0.15, 0.2) is 36.4 Å². The molecular weight excluding hydrogens is 413 g/mol. The minimum atomic E-state index is -0.553. The molecule has 0 radical (unpaired) electrons. The van der Waals surface area contributed by atoms with Crippen LogP contribution in [-0.4, -0.2) is 24.3 Å². The van der Waals surface area contributed by atoms with Gasteiger partial charge in [-0.3, -0.25) is 4.79 Å². The number of thioether (sulfide) groups is 1. The first kappa shape index (κ1) is 22.9. The van der Waals surface area contributed by atoms with E-state index in [2.05, 4.69) is 31.3 Å². The van der Waals surface area contributed by atoms with Crippen molar-refractivity contribution < 1.29 is 9.53 Å². The first-order chi connectivity index (χ1) is 13.3. The van der Waals surface area contributed by atoms with Gasteiger partial charge in [0.25, 0.3) is 5.91 Å². The maximum absolute atomic E-state index is 12.4. The van der Waals surface area contributed by atoms with E-state index < -0.39 is 6.10 Å². The second-order valence-corrected chi connectivity index (χ2v) is 8.92. The fourth-order valence-corrected chi connectivity index (χ4v) is 4.29. The highest BCUT2D eigenvalue weighted by atomic mass is 35.5. The van der Waals surface area contributed by atoms with Crippen LogP contribution in [0.2, 0.25) is 10.0 Å². The molecule has 2 aromatic rings. The number of nitrogens with one attached hydrogen (secondary N) is 1. The summed E-state index contributed by atoms with van der Waals surface area (Å²) in [6.07, 6.45) is -0.553. The summed E-state index contributed by atoms with van der Waals surface area (Å²) in [6.45, 7) is 8.59. The van der Waals surface area contributed by atoms with Gasteiger partial charge in [0.1, 0.15) is 5.75 Å². The molecule has 0 saturated carbocycles. The Bertz CT molecular complexity index is 791. The number of benzene rings is 2. The van der Waals surface area contributed by atoms with Crippen LogP contribution in [0.4, 0.5) is 0 Å². The van der Waals surface area contributed by atoms with E-state index in [9.17, 15) is 4.79 Å². The van der Waals surface area contributed by atoms with Crippen LogP contribution in [0.3, 0.4) is 0 Å². The summed E-state index contributed by atoms with van der Waals surface area (Å²) in [5, 5.41) is 4.27. The molecule has 0 heterocycles. The molecule has 0 spiro atoms. The van der Waals surface area contributed by atoms with Gasteiger partial charge in [0.15, 0.2) is 6.10 Å². The van der Waals surface area contributed by atoms with Crippen molar-refractivity contribution in [3.63, 3.8) is 0 Å². The van der Waals surface area contributed by atoms with Crippen molar-refractivity contribution >= 4 is 40.9 Å². The normalized spacial score (nSPS) is 12.1. The van der Waals surface area contributed by atoms with Gasteiger partial charge in [0, 0.05) is 28.1 Å². The van der Waals surface area contributed by atoms with Crippen molar-refractivity contribution in [2.45, 2.75) is 45.5 Å². The lowest BCUT2D eigenvalue weighted by atomic mass is 10.0. The van der Waals surface area contributed by atoms with Crippen molar-refractivity contribution in [3.8, 4) is 5.75 Å². The molecule has 1 atom stereocenters. The van der Waals surface area contributed by atoms with Crippen LogP contribution in [0, 0.1) is 6.92 Å². The maximum Gasteiger partial charge on any atom is 0.260 e. The maximum atomic E-state index is 12.4. The zero-order valence-corrected chi connectivity index (χ0v) is 19.0. The molecule has 0 aliphatic heterocycles. The number of carbonyl (C=O) groups is 1. The number of hydrogen-bond acceptors (Lipinski definition) is 3. The summed E-state index contributed by atoms with van der Waals surface area (Å²) in [5.41, 5.74) is 3.15. The van der Waals surface area contributed by atoms with Crippen LogP contribution in [0.1, 0.15) is 43.4 Å². The Morgan fingerprint density at radius 1 is 1.14 bits per heavy atom. The molecule has 3 nitrogen and oxygen atoms in total. The van der Waals surface area contributed by atoms with Gasteiger partial charge in [-0.2, -0.15) is 11.8 Å². The van der Waals surface area contributed by atoms with E-state index >= 15 is 0 Å². The fraction of sp³-hybridized carbons (Fsp3) is 0.409. The van der Waals surface area contributed by atoms with E-state index in [0.717, 1.165) is 28.2 Å². The zero-order valence-electron chi connectivity index (χ0n) is 16.7. The highest BCUT2D eigenvalue weighted by molar-refractivity contribution is 7.98. The van der Waals surface area contributed by atoms with E-state index in [1.54, 1.807) is 18.7 Å². The van der Waals surface area contributed by atoms with Gasteiger partial charge >= 0.3 is 0 Å². The average molecular weight is 440 g/mol. The Morgan fingerprint density at radius 3 is 2.46 bits per heavy atom. The van der Waals surface area contributed by atoms with Crippen LogP contribution in [-0.2, 0) is 10.5 Å². The summed E-state index contributed by atoms with van der Waals surface area (Å²) >= 11 is 14.0. The van der Waals surface area contributed by atoms with E-state index in [4.69, 9.17) is 27.9 Å². The minimum absolute atomic E-state index is 0.118. The SMILES string of the molecule is Cc1ccc(C(C)C)c(OC(C)C(=O)NCCSCc2c(Cl)cccc2Cl)c1. The summed E-state index contributed by atoms with van der Waals surface area (Å²) < 4.78 is 5.95.